The van der Waals surface area contributed by atoms with Crippen molar-refractivity contribution in [2.45, 2.75) is 57.4 Å². The van der Waals surface area contributed by atoms with Crippen LogP contribution < -0.4 is 5.73 Å². The molecule has 1 aliphatic carbocycles. The summed E-state index contributed by atoms with van der Waals surface area (Å²) < 4.78 is 0. The third-order valence-corrected chi connectivity index (χ3v) is 5.47. The summed E-state index contributed by atoms with van der Waals surface area (Å²) in [6.07, 6.45) is 10.3. The van der Waals surface area contributed by atoms with E-state index < -0.39 is 0 Å². The van der Waals surface area contributed by atoms with Crippen LogP contribution in [0.1, 0.15) is 51.4 Å². The Morgan fingerprint density at radius 3 is 2.25 bits per heavy atom. The zero-order chi connectivity index (χ0) is 14.6. The first-order chi connectivity index (χ1) is 9.56. The molecule has 0 radical (unpaired) electrons. The highest BCUT2D eigenvalue weighted by Crippen LogP contribution is 2.44. The van der Waals surface area contributed by atoms with E-state index in [0.29, 0.717) is 18.4 Å². The van der Waals surface area contributed by atoms with E-state index in [2.05, 4.69) is 4.90 Å². The average Bonchev–Trinajstić information content (AvgIpc) is 2.46. The second kappa shape index (κ2) is 6.90. The van der Waals surface area contributed by atoms with Gasteiger partial charge in [-0.15, -0.1) is 0 Å². The van der Waals surface area contributed by atoms with Crippen molar-refractivity contribution in [3.63, 3.8) is 0 Å². The van der Waals surface area contributed by atoms with Gasteiger partial charge < -0.3 is 10.6 Å². The summed E-state index contributed by atoms with van der Waals surface area (Å²) in [7, 11) is 3.65. The van der Waals surface area contributed by atoms with Gasteiger partial charge in [-0.3, -0.25) is 9.69 Å². The van der Waals surface area contributed by atoms with Gasteiger partial charge in [-0.05, 0) is 44.2 Å². The molecule has 0 bridgehead atoms. The normalized spacial score (nSPS) is 24.6. The average molecular weight is 281 g/mol. The van der Waals surface area contributed by atoms with E-state index in [9.17, 15) is 4.79 Å². The number of amides is 1. The Bertz CT molecular complexity index is 314. The van der Waals surface area contributed by atoms with Crippen molar-refractivity contribution in [2.75, 3.05) is 33.7 Å². The lowest BCUT2D eigenvalue weighted by Crippen LogP contribution is -2.49. The largest absolute Gasteiger partial charge is 0.349 e. The molecule has 0 aromatic heterocycles. The van der Waals surface area contributed by atoms with Crippen molar-refractivity contribution in [3.8, 4) is 0 Å². The van der Waals surface area contributed by atoms with Crippen LogP contribution in [0.25, 0.3) is 0 Å². The Kier molecular flexibility index (Phi) is 5.44. The van der Waals surface area contributed by atoms with E-state index in [1.54, 1.807) is 4.90 Å². The Morgan fingerprint density at radius 1 is 1.15 bits per heavy atom. The van der Waals surface area contributed by atoms with Gasteiger partial charge in [0.15, 0.2) is 0 Å². The molecule has 4 nitrogen and oxygen atoms in total. The summed E-state index contributed by atoms with van der Waals surface area (Å²) in [6.45, 7) is 2.84. The van der Waals surface area contributed by atoms with Crippen molar-refractivity contribution >= 4 is 5.91 Å². The van der Waals surface area contributed by atoms with E-state index in [1.807, 2.05) is 14.1 Å². The minimum atomic E-state index is 0.193. The number of carbonyl (C=O) groups excluding carboxylic acids is 1. The summed E-state index contributed by atoms with van der Waals surface area (Å²) >= 11 is 0. The molecular weight excluding hydrogens is 250 g/mol. The summed E-state index contributed by atoms with van der Waals surface area (Å²) in [5.74, 6) is 0.193. The molecule has 0 aromatic rings. The lowest BCUT2D eigenvalue weighted by molar-refractivity contribution is -0.130. The summed E-state index contributed by atoms with van der Waals surface area (Å²) in [6, 6.07) is 0.228. The fourth-order valence-corrected chi connectivity index (χ4v) is 3.91. The SMILES string of the molecule is CN(C)C(=O)CC(CN)N1CCC2(CCCCC2)CC1. The zero-order valence-electron chi connectivity index (χ0n) is 13.2. The minimum absolute atomic E-state index is 0.193. The van der Waals surface area contributed by atoms with E-state index in [0.717, 1.165) is 13.1 Å². The zero-order valence-corrected chi connectivity index (χ0v) is 13.2. The van der Waals surface area contributed by atoms with Gasteiger partial charge in [-0.25, -0.2) is 0 Å². The van der Waals surface area contributed by atoms with Crippen LogP contribution in [0.4, 0.5) is 0 Å². The minimum Gasteiger partial charge on any atom is -0.349 e. The highest BCUT2D eigenvalue weighted by molar-refractivity contribution is 5.76. The van der Waals surface area contributed by atoms with Crippen LogP contribution in [0.5, 0.6) is 0 Å². The molecule has 1 saturated heterocycles. The van der Waals surface area contributed by atoms with E-state index >= 15 is 0 Å². The van der Waals surface area contributed by atoms with E-state index in [1.165, 1.54) is 44.9 Å². The van der Waals surface area contributed by atoms with E-state index in [4.69, 9.17) is 5.73 Å². The highest BCUT2D eigenvalue weighted by atomic mass is 16.2. The molecule has 1 amide bonds. The van der Waals surface area contributed by atoms with Crippen LogP contribution >= 0.6 is 0 Å². The fraction of sp³-hybridized carbons (Fsp3) is 0.938. The predicted octanol–water partition coefficient (Wildman–Crippen LogP) is 1.84. The Morgan fingerprint density at radius 2 is 1.75 bits per heavy atom. The summed E-state index contributed by atoms with van der Waals surface area (Å²) in [5, 5.41) is 0. The molecule has 1 aliphatic heterocycles. The van der Waals surface area contributed by atoms with Crippen molar-refractivity contribution in [1.82, 2.24) is 9.80 Å². The van der Waals surface area contributed by atoms with Crippen molar-refractivity contribution < 1.29 is 4.79 Å². The molecule has 20 heavy (non-hydrogen) atoms. The van der Waals surface area contributed by atoms with Crippen LogP contribution in [-0.2, 0) is 4.79 Å². The first kappa shape index (κ1) is 15.8. The van der Waals surface area contributed by atoms with Gasteiger partial charge in [0.05, 0.1) is 0 Å². The Labute approximate surface area is 123 Å². The van der Waals surface area contributed by atoms with Gasteiger partial charge in [0.1, 0.15) is 0 Å². The smallest absolute Gasteiger partial charge is 0.223 e. The number of rotatable bonds is 4. The van der Waals surface area contributed by atoms with Crippen LogP contribution in [0.3, 0.4) is 0 Å². The standard InChI is InChI=1S/C16H31N3O/c1-18(2)15(20)12-14(13-17)19-10-8-16(9-11-19)6-4-3-5-7-16/h14H,3-13,17H2,1-2H3. The fourth-order valence-electron chi connectivity index (χ4n) is 3.91. The number of nitrogens with two attached hydrogens (primary N) is 1. The maximum atomic E-state index is 11.9. The van der Waals surface area contributed by atoms with Gasteiger partial charge in [0.25, 0.3) is 0 Å². The molecule has 4 heteroatoms. The van der Waals surface area contributed by atoms with E-state index in [-0.39, 0.29) is 11.9 Å². The molecule has 116 valence electrons. The number of hydrogen-bond acceptors (Lipinski definition) is 3. The Balaban J connectivity index is 1.86. The number of hydrogen-bond donors (Lipinski definition) is 1. The second-order valence-electron chi connectivity index (χ2n) is 6.98. The van der Waals surface area contributed by atoms with Gasteiger partial charge in [0, 0.05) is 33.1 Å². The first-order valence-electron chi connectivity index (χ1n) is 8.21. The molecule has 1 unspecified atom stereocenters. The van der Waals surface area contributed by atoms with Gasteiger partial charge >= 0.3 is 0 Å². The molecule has 1 atom stereocenters. The predicted molar refractivity (Wildman–Crippen MR) is 82.5 cm³/mol. The molecule has 1 heterocycles. The highest BCUT2D eigenvalue weighted by Gasteiger charge is 2.37. The second-order valence-corrected chi connectivity index (χ2v) is 6.98. The van der Waals surface area contributed by atoms with Crippen molar-refractivity contribution in [2.24, 2.45) is 11.1 Å². The molecule has 2 aliphatic rings. The lowest BCUT2D eigenvalue weighted by Gasteiger charge is -2.46. The number of piperidine rings is 1. The number of nitrogens with zero attached hydrogens (tertiary/aromatic N) is 2. The summed E-state index contributed by atoms with van der Waals surface area (Å²) in [5.41, 5.74) is 6.53. The molecule has 2 fully saturated rings. The van der Waals surface area contributed by atoms with Crippen molar-refractivity contribution in [1.29, 1.82) is 0 Å². The Hall–Kier alpha value is -0.610. The van der Waals surface area contributed by atoms with Crippen LogP contribution in [0.2, 0.25) is 0 Å². The summed E-state index contributed by atoms with van der Waals surface area (Å²) in [4.78, 5) is 16.0. The maximum Gasteiger partial charge on any atom is 0.223 e. The molecular formula is C16H31N3O. The number of likely N-dealkylation sites (tertiary alicyclic amines) is 1. The molecule has 1 spiro atoms. The van der Waals surface area contributed by atoms with Gasteiger partial charge in [-0.1, -0.05) is 19.3 Å². The maximum absolute atomic E-state index is 11.9. The van der Waals surface area contributed by atoms with Crippen LogP contribution in [0.15, 0.2) is 0 Å². The molecule has 1 saturated carbocycles. The molecule has 2 N–H and O–H groups in total. The van der Waals surface area contributed by atoms with Crippen LogP contribution in [0, 0.1) is 5.41 Å². The third kappa shape index (κ3) is 3.73. The van der Waals surface area contributed by atoms with Crippen LogP contribution in [-0.4, -0.2) is 55.5 Å². The third-order valence-electron chi connectivity index (χ3n) is 5.47. The molecule has 0 aromatic carbocycles. The first-order valence-corrected chi connectivity index (χ1v) is 8.21. The number of carbonyl (C=O) groups is 1. The lowest BCUT2D eigenvalue weighted by atomic mass is 9.68. The van der Waals surface area contributed by atoms with Gasteiger partial charge in [-0.2, -0.15) is 0 Å². The van der Waals surface area contributed by atoms with Gasteiger partial charge in [0.2, 0.25) is 5.91 Å². The topological polar surface area (TPSA) is 49.6 Å². The monoisotopic (exact) mass is 281 g/mol. The quantitative estimate of drug-likeness (QED) is 0.855. The molecule has 2 rings (SSSR count). The van der Waals surface area contributed by atoms with Crippen molar-refractivity contribution in [3.05, 3.63) is 0 Å².